The van der Waals surface area contributed by atoms with Crippen molar-refractivity contribution in [1.82, 2.24) is 0 Å². The number of carboxylic acid groups (broad SMARTS) is 1. The number of halogens is 2. The van der Waals surface area contributed by atoms with Crippen LogP contribution in [0.3, 0.4) is 0 Å². The van der Waals surface area contributed by atoms with Gasteiger partial charge in [-0.25, -0.2) is 8.42 Å². The molecule has 0 aliphatic carbocycles. The van der Waals surface area contributed by atoms with Crippen LogP contribution in [0.15, 0.2) is 47.4 Å². The highest BCUT2D eigenvalue weighted by atomic mass is 35.5. The summed E-state index contributed by atoms with van der Waals surface area (Å²) in [5.41, 5.74) is 1.25. The first-order chi connectivity index (χ1) is 11.2. The molecule has 0 atom stereocenters. The van der Waals surface area contributed by atoms with E-state index in [1.54, 1.807) is 18.2 Å². The number of aryl methyl sites for hydroxylation is 1. The van der Waals surface area contributed by atoms with Crippen molar-refractivity contribution in [3.05, 3.63) is 58.1 Å². The molecule has 0 bridgehead atoms. The number of hydrogen-bond acceptors (Lipinski definition) is 3. The molecule has 0 unspecified atom stereocenters. The standard InChI is InChI=1S/C16H15Cl2NO4S/c1-11-3-2-4-12(9-11)19(8-7-16(20)21)24(22,23)13-5-6-14(17)15(18)10-13/h2-6,9-10H,7-8H2,1H3,(H,20,21). The van der Waals surface area contributed by atoms with E-state index in [2.05, 4.69) is 0 Å². The fraction of sp³-hybridized carbons (Fsp3) is 0.188. The maximum Gasteiger partial charge on any atom is 0.305 e. The molecule has 24 heavy (non-hydrogen) atoms. The van der Waals surface area contributed by atoms with E-state index in [0.29, 0.717) is 5.69 Å². The summed E-state index contributed by atoms with van der Waals surface area (Å²) in [4.78, 5) is 10.9. The van der Waals surface area contributed by atoms with Crippen LogP contribution < -0.4 is 4.31 Å². The van der Waals surface area contributed by atoms with Crippen molar-refractivity contribution in [2.45, 2.75) is 18.2 Å². The lowest BCUT2D eigenvalue weighted by Crippen LogP contribution is -2.33. The van der Waals surface area contributed by atoms with Crippen LogP contribution in [-0.2, 0) is 14.8 Å². The molecule has 0 aromatic heterocycles. The predicted octanol–water partition coefficient (Wildman–Crippen LogP) is 3.97. The average molecular weight is 388 g/mol. The molecule has 0 fully saturated rings. The minimum Gasteiger partial charge on any atom is -0.481 e. The van der Waals surface area contributed by atoms with Crippen molar-refractivity contribution in [2.24, 2.45) is 0 Å². The number of benzene rings is 2. The van der Waals surface area contributed by atoms with E-state index in [-0.39, 0.29) is 27.9 Å². The predicted molar refractivity (Wildman–Crippen MR) is 94.4 cm³/mol. The van der Waals surface area contributed by atoms with Gasteiger partial charge in [0.15, 0.2) is 0 Å². The van der Waals surface area contributed by atoms with Crippen molar-refractivity contribution in [3.8, 4) is 0 Å². The number of anilines is 1. The van der Waals surface area contributed by atoms with Crippen molar-refractivity contribution < 1.29 is 18.3 Å². The minimum atomic E-state index is -3.98. The van der Waals surface area contributed by atoms with E-state index >= 15 is 0 Å². The first-order valence-electron chi connectivity index (χ1n) is 6.98. The molecule has 2 rings (SSSR count). The van der Waals surface area contributed by atoms with Gasteiger partial charge in [0.1, 0.15) is 0 Å². The Morgan fingerprint density at radius 1 is 1.12 bits per heavy atom. The maximum absolute atomic E-state index is 13.0. The lowest BCUT2D eigenvalue weighted by Gasteiger charge is -2.24. The van der Waals surface area contributed by atoms with Crippen molar-refractivity contribution >= 4 is 44.9 Å². The third-order valence-corrected chi connectivity index (χ3v) is 5.86. The molecule has 0 saturated heterocycles. The molecule has 0 amide bonds. The number of rotatable bonds is 6. The van der Waals surface area contributed by atoms with Crippen LogP contribution in [-0.4, -0.2) is 26.0 Å². The second-order valence-corrected chi connectivity index (χ2v) is 7.81. The number of carboxylic acids is 1. The first-order valence-corrected chi connectivity index (χ1v) is 9.17. The van der Waals surface area contributed by atoms with E-state index in [0.717, 1.165) is 9.87 Å². The van der Waals surface area contributed by atoms with Gasteiger partial charge < -0.3 is 5.11 Å². The molecule has 128 valence electrons. The van der Waals surface area contributed by atoms with Crippen LogP contribution in [0.2, 0.25) is 10.0 Å². The summed E-state index contributed by atoms with van der Waals surface area (Å²) in [5, 5.41) is 9.27. The smallest absolute Gasteiger partial charge is 0.305 e. The average Bonchev–Trinajstić information content (AvgIpc) is 2.49. The number of aliphatic carboxylic acids is 1. The normalized spacial score (nSPS) is 11.3. The Bertz CT molecular complexity index is 868. The van der Waals surface area contributed by atoms with Gasteiger partial charge in [-0.3, -0.25) is 9.10 Å². The summed E-state index contributed by atoms with van der Waals surface area (Å²) in [5.74, 6) is -1.09. The maximum atomic E-state index is 13.0. The Hall–Kier alpha value is -1.76. The van der Waals surface area contributed by atoms with Gasteiger partial charge in [-0.15, -0.1) is 0 Å². The summed E-state index contributed by atoms with van der Waals surface area (Å²) in [7, 11) is -3.98. The Labute approximate surface area is 150 Å². The Balaban J connectivity index is 2.51. The summed E-state index contributed by atoms with van der Waals surface area (Å²) in [6.45, 7) is 1.63. The lowest BCUT2D eigenvalue weighted by atomic mass is 10.2. The SMILES string of the molecule is Cc1cccc(N(CCC(=O)O)S(=O)(=O)c2ccc(Cl)c(Cl)c2)c1. The van der Waals surface area contributed by atoms with Gasteiger partial charge in [-0.05, 0) is 42.8 Å². The van der Waals surface area contributed by atoms with E-state index in [9.17, 15) is 13.2 Å². The molecule has 0 spiro atoms. The molecule has 0 radical (unpaired) electrons. The number of sulfonamides is 1. The minimum absolute atomic E-state index is 0.0520. The summed E-state index contributed by atoms with van der Waals surface area (Å²) < 4.78 is 27.0. The second kappa shape index (κ2) is 7.42. The summed E-state index contributed by atoms with van der Waals surface area (Å²) >= 11 is 11.7. The zero-order valence-electron chi connectivity index (χ0n) is 12.7. The lowest BCUT2D eigenvalue weighted by molar-refractivity contribution is -0.136. The highest BCUT2D eigenvalue weighted by Crippen LogP contribution is 2.29. The highest BCUT2D eigenvalue weighted by molar-refractivity contribution is 7.92. The Kier molecular flexibility index (Phi) is 5.74. The van der Waals surface area contributed by atoms with Gasteiger partial charge in [0.05, 0.1) is 27.0 Å². The zero-order valence-corrected chi connectivity index (χ0v) is 15.1. The third kappa shape index (κ3) is 4.20. The van der Waals surface area contributed by atoms with Crippen molar-refractivity contribution in [3.63, 3.8) is 0 Å². The fourth-order valence-corrected chi connectivity index (χ4v) is 3.98. The number of nitrogens with zero attached hydrogens (tertiary/aromatic N) is 1. The molecule has 5 nitrogen and oxygen atoms in total. The van der Waals surface area contributed by atoms with Crippen LogP contribution in [0.5, 0.6) is 0 Å². The highest BCUT2D eigenvalue weighted by Gasteiger charge is 2.26. The molecule has 2 aromatic carbocycles. The monoisotopic (exact) mass is 387 g/mol. The van der Waals surface area contributed by atoms with Crippen LogP contribution in [0, 0.1) is 6.92 Å². The van der Waals surface area contributed by atoms with Crippen LogP contribution in [0.25, 0.3) is 0 Å². The molecule has 0 aliphatic heterocycles. The van der Waals surface area contributed by atoms with E-state index in [1.807, 2.05) is 13.0 Å². The molecule has 0 saturated carbocycles. The summed E-state index contributed by atoms with van der Waals surface area (Å²) in [6, 6.07) is 10.8. The fourth-order valence-electron chi connectivity index (χ4n) is 2.13. The van der Waals surface area contributed by atoms with E-state index < -0.39 is 16.0 Å². The van der Waals surface area contributed by atoms with Crippen molar-refractivity contribution in [1.29, 1.82) is 0 Å². The largest absolute Gasteiger partial charge is 0.481 e. The van der Waals surface area contributed by atoms with Gasteiger partial charge in [-0.2, -0.15) is 0 Å². The number of hydrogen-bond donors (Lipinski definition) is 1. The van der Waals surface area contributed by atoms with Gasteiger partial charge in [0.2, 0.25) is 0 Å². The van der Waals surface area contributed by atoms with Crippen molar-refractivity contribution in [2.75, 3.05) is 10.8 Å². The topological polar surface area (TPSA) is 74.7 Å². The van der Waals surface area contributed by atoms with Gasteiger partial charge >= 0.3 is 5.97 Å². The molecule has 1 N–H and O–H groups in total. The van der Waals surface area contributed by atoms with Gasteiger partial charge in [-0.1, -0.05) is 35.3 Å². The zero-order chi connectivity index (χ0) is 17.9. The van der Waals surface area contributed by atoms with Crippen LogP contribution >= 0.6 is 23.2 Å². The molecule has 0 aliphatic rings. The Morgan fingerprint density at radius 3 is 2.42 bits per heavy atom. The van der Waals surface area contributed by atoms with E-state index in [1.165, 1.54) is 18.2 Å². The molecular formula is C16H15Cl2NO4S. The first kappa shape index (κ1) is 18.6. The quantitative estimate of drug-likeness (QED) is 0.813. The molecule has 8 heteroatoms. The van der Waals surface area contributed by atoms with Crippen LogP contribution in [0.1, 0.15) is 12.0 Å². The molecule has 2 aromatic rings. The second-order valence-electron chi connectivity index (χ2n) is 5.14. The Morgan fingerprint density at radius 2 is 1.83 bits per heavy atom. The van der Waals surface area contributed by atoms with Gasteiger partial charge in [0, 0.05) is 6.54 Å². The van der Waals surface area contributed by atoms with Gasteiger partial charge in [0.25, 0.3) is 10.0 Å². The number of carbonyl (C=O) groups is 1. The third-order valence-electron chi connectivity index (χ3n) is 3.30. The van der Waals surface area contributed by atoms with E-state index in [4.69, 9.17) is 28.3 Å². The molecule has 0 heterocycles. The molecular weight excluding hydrogens is 373 g/mol. The summed E-state index contributed by atoms with van der Waals surface area (Å²) in [6.07, 6.45) is -0.325. The van der Waals surface area contributed by atoms with Crippen LogP contribution in [0.4, 0.5) is 5.69 Å².